The van der Waals surface area contributed by atoms with Crippen LogP contribution in [0.5, 0.6) is 0 Å². The summed E-state index contributed by atoms with van der Waals surface area (Å²) in [6, 6.07) is 1.02. The maximum Gasteiger partial charge on any atom is 0.222 e. The smallest absolute Gasteiger partial charge is 0.222 e. The molecule has 1 N–H and O–H groups in total. The van der Waals surface area contributed by atoms with E-state index in [0.717, 1.165) is 13.0 Å². The molecule has 132 valence electrons. The molecule has 0 unspecified atom stereocenters. The van der Waals surface area contributed by atoms with Crippen LogP contribution in [-0.2, 0) is 4.79 Å². The molecule has 7 heteroatoms. The molecular weight excluding hydrogens is 321 g/mol. The van der Waals surface area contributed by atoms with Gasteiger partial charge >= 0.3 is 0 Å². The summed E-state index contributed by atoms with van der Waals surface area (Å²) >= 11 is 0. The molecule has 1 saturated heterocycles. The Morgan fingerprint density at radius 2 is 1.75 bits per heavy atom. The molecule has 1 aromatic carbocycles. The number of carbonyl (C=O) groups excluding carboxylic acids is 2. The molecule has 1 amide bonds. The largest absolute Gasteiger partial charge is 0.343 e. The summed E-state index contributed by atoms with van der Waals surface area (Å²) in [5.41, 5.74) is -0.685. The Hall–Kier alpha value is -1.89. The number of nitrogens with zero attached hydrogens (tertiary/aromatic N) is 1. The van der Waals surface area contributed by atoms with Crippen molar-refractivity contribution < 1.29 is 22.8 Å². The summed E-state index contributed by atoms with van der Waals surface area (Å²) in [5, 5.41) is 2.97. The molecule has 0 aromatic heterocycles. The molecule has 1 fully saturated rings. The predicted octanol–water partition coefficient (Wildman–Crippen LogP) is 2.52. The van der Waals surface area contributed by atoms with Gasteiger partial charge in [-0.15, -0.1) is 0 Å². The molecule has 0 bridgehead atoms. The van der Waals surface area contributed by atoms with Gasteiger partial charge in [-0.1, -0.05) is 0 Å². The Morgan fingerprint density at radius 1 is 1.17 bits per heavy atom. The van der Waals surface area contributed by atoms with Gasteiger partial charge in [0.15, 0.2) is 5.78 Å². The fraction of sp³-hybridized carbons (Fsp3) is 0.529. The van der Waals surface area contributed by atoms with Crippen molar-refractivity contribution in [2.45, 2.75) is 25.7 Å². The molecule has 0 atom stereocenters. The molecule has 4 nitrogen and oxygen atoms in total. The van der Waals surface area contributed by atoms with Crippen LogP contribution in [0.1, 0.15) is 36.0 Å². The highest BCUT2D eigenvalue weighted by Crippen LogP contribution is 2.25. The summed E-state index contributed by atoms with van der Waals surface area (Å²) in [5.74, 6) is -4.60. The third kappa shape index (κ3) is 4.35. The number of ketones is 1. The lowest BCUT2D eigenvalue weighted by Crippen LogP contribution is -2.40. The molecule has 24 heavy (non-hydrogen) atoms. The number of halogens is 3. The van der Waals surface area contributed by atoms with E-state index < -0.39 is 34.7 Å². The van der Waals surface area contributed by atoms with Crippen molar-refractivity contribution in [1.82, 2.24) is 10.2 Å². The zero-order valence-electron chi connectivity index (χ0n) is 13.6. The van der Waals surface area contributed by atoms with Gasteiger partial charge in [0.05, 0.1) is 5.56 Å². The predicted molar refractivity (Wildman–Crippen MR) is 83.1 cm³/mol. The normalized spacial score (nSPS) is 15.6. The minimum Gasteiger partial charge on any atom is -0.343 e. The molecule has 0 radical (unpaired) electrons. The molecule has 0 spiro atoms. The zero-order valence-corrected chi connectivity index (χ0v) is 13.6. The number of likely N-dealkylation sites (tertiary alicyclic amines) is 1. The minimum absolute atomic E-state index is 0.0234. The van der Waals surface area contributed by atoms with Gasteiger partial charge in [0.25, 0.3) is 0 Å². The molecule has 0 aliphatic carbocycles. The lowest BCUT2D eigenvalue weighted by molar-refractivity contribution is -0.132. The number of piperidine rings is 1. The van der Waals surface area contributed by atoms with Crippen molar-refractivity contribution in [3.8, 4) is 0 Å². The van der Waals surface area contributed by atoms with Crippen LogP contribution in [0.2, 0.25) is 0 Å². The third-order valence-electron chi connectivity index (χ3n) is 4.29. The Morgan fingerprint density at radius 3 is 2.29 bits per heavy atom. The number of hydrogen-bond acceptors (Lipinski definition) is 3. The van der Waals surface area contributed by atoms with Crippen LogP contribution < -0.4 is 5.32 Å². The topological polar surface area (TPSA) is 49.4 Å². The summed E-state index contributed by atoms with van der Waals surface area (Å²) in [6.45, 7) is 1.53. The van der Waals surface area contributed by atoms with Gasteiger partial charge < -0.3 is 10.2 Å². The Kier molecular flexibility index (Phi) is 6.36. The van der Waals surface area contributed by atoms with E-state index in [9.17, 15) is 22.8 Å². The second-order valence-electron chi connectivity index (χ2n) is 5.97. The summed E-state index contributed by atoms with van der Waals surface area (Å²) in [7, 11) is 1.81. The van der Waals surface area contributed by atoms with Gasteiger partial charge in [-0.25, -0.2) is 13.2 Å². The molecule has 1 aliphatic heterocycles. The first-order valence-electron chi connectivity index (χ1n) is 8.05. The number of rotatable bonds is 6. The summed E-state index contributed by atoms with van der Waals surface area (Å²) in [6.07, 6.45) is 1.88. The fourth-order valence-electron chi connectivity index (χ4n) is 2.95. The molecule has 1 aromatic rings. The standard InChI is InChI=1S/C17H21F3N2O2/c1-21-6-2-3-15(23)22-7-4-11(5-8-22)17(24)16-13(19)9-12(18)10-14(16)20/h9-11,21H,2-8H2,1H3. The Labute approximate surface area is 139 Å². The number of benzene rings is 1. The molecular formula is C17H21F3N2O2. The van der Waals surface area contributed by atoms with E-state index in [0.29, 0.717) is 44.5 Å². The van der Waals surface area contributed by atoms with Crippen LogP contribution in [0.4, 0.5) is 13.2 Å². The first kappa shape index (κ1) is 18.4. The molecule has 2 rings (SSSR count). The first-order valence-corrected chi connectivity index (χ1v) is 8.05. The van der Waals surface area contributed by atoms with E-state index in [1.807, 2.05) is 7.05 Å². The van der Waals surface area contributed by atoms with Crippen LogP contribution in [0.15, 0.2) is 12.1 Å². The first-order chi connectivity index (χ1) is 11.4. The van der Waals surface area contributed by atoms with Crippen molar-refractivity contribution in [3.05, 3.63) is 35.1 Å². The average Bonchev–Trinajstić information content (AvgIpc) is 2.54. The van der Waals surface area contributed by atoms with Crippen molar-refractivity contribution >= 4 is 11.7 Å². The maximum absolute atomic E-state index is 13.7. The lowest BCUT2D eigenvalue weighted by Gasteiger charge is -2.31. The van der Waals surface area contributed by atoms with Gasteiger partial charge in [-0.05, 0) is 32.9 Å². The van der Waals surface area contributed by atoms with Gasteiger partial charge in [0.2, 0.25) is 5.91 Å². The quantitative estimate of drug-likeness (QED) is 0.638. The van der Waals surface area contributed by atoms with Crippen LogP contribution in [0, 0.1) is 23.4 Å². The van der Waals surface area contributed by atoms with Crippen LogP contribution in [-0.4, -0.2) is 43.3 Å². The molecule has 0 saturated carbocycles. The van der Waals surface area contributed by atoms with E-state index in [4.69, 9.17) is 0 Å². The van der Waals surface area contributed by atoms with E-state index in [-0.39, 0.29) is 5.91 Å². The Bertz CT molecular complexity index is 591. The van der Waals surface area contributed by atoms with E-state index in [1.54, 1.807) is 4.90 Å². The second-order valence-corrected chi connectivity index (χ2v) is 5.97. The monoisotopic (exact) mass is 342 g/mol. The van der Waals surface area contributed by atoms with Gasteiger partial charge in [0, 0.05) is 37.6 Å². The highest BCUT2D eigenvalue weighted by molar-refractivity contribution is 5.98. The van der Waals surface area contributed by atoms with E-state index in [2.05, 4.69) is 5.32 Å². The van der Waals surface area contributed by atoms with Gasteiger partial charge in [-0.2, -0.15) is 0 Å². The SMILES string of the molecule is CNCCCC(=O)N1CCC(C(=O)c2c(F)cc(F)cc2F)CC1. The number of carbonyl (C=O) groups is 2. The van der Waals surface area contributed by atoms with E-state index in [1.165, 1.54) is 0 Å². The highest BCUT2D eigenvalue weighted by atomic mass is 19.1. The number of Topliss-reactive ketones (excluding diaryl/α,β-unsaturated/α-hetero) is 1. The van der Waals surface area contributed by atoms with Crippen LogP contribution in [0.25, 0.3) is 0 Å². The third-order valence-corrected chi connectivity index (χ3v) is 4.29. The number of hydrogen-bond donors (Lipinski definition) is 1. The van der Waals surface area contributed by atoms with E-state index >= 15 is 0 Å². The number of amides is 1. The average molecular weight is 342 g/mol. The van der Waals surface area contributed by atoms with Gasteiger partial charge in [-0.3, -0.25) is 9.59 Å². The van der Waals surface area contributed by atoms with Crippen LogP contribution >= 0.6 is 0 Å². The second kappa shape index (κ2) is 8.28. The number of nitrogens with one attached hydrogen (secondary N) is 1. The molecule has 1 aliphatic rings. The van der Waals surface area contributed by atoms with Crippen molar-refractivity contribution in [1.29, 1.82) is 0 Å². The van der Waals surface area contributed by atoms with Gasteiger partial charge in [0.1, 0.15) is 17.5 Å². The fourth-order valence-corrected chi connectivity index (χ4v) is 2.95. The maximum atomic E-state index is 13.7. The summed E-state index contributed by atoms with van der Waals surface area (Å²) in [4.78, 5) is 26.0. The van der Waals surface area contributed by atoms with Crippen LogP contribution in [0.3, 0.4) is 0 Å². The molecule has 1 heterocycles. The lowest BCUT2D eigenvalue weighted by atomic mass is 9.88. The van der Waals surface area contributed by atoms with Crippen molar-refractivity contribution in [3.63, 3.8) is 0 Å². The minimum atomic E-state index is -1.18. The zero-order chi connectivity index (χ0) is 17.7. The van der Waals surface area contributed by atoms with Crippen molar-refractivity contribution in [2.24, 2.45) is 5.92 Å². The van der Waals surface area contributed by atoms with Crippen molar-refractivity contribution in [2.75, 3.05) is 26.7 Å². The summed E-state index contributed by atoms with van der Waals surface area (Å²) < 4.78 is 40.4. The highest BCUT2D eigenvalue weighted by Gasteiger charge is 2.31. The Balaban J connectivity index is 1.95.